The number of benzene rings is 1. The predicted octanol–water partition coefficient (Wildman–Crippen LogP) is 3.91. The highest BCUT2D eigenvalue weighted by Crippen LogP contribution is 2.26. The van der Waals surface area contributed by atoms with Crippen molar-refractivity contribution in [2.45, 2.75) is 32.0 Å². The first kappa shape index (κ1) is 14.5. The maximum absolute atomic E-state index is 14.2. The van der Waals surface area contributed by atoms with Gasteiger partial charge in [0.25, 0.3) is 0 Å². The maximum Gasteiger partial charge on any atom is 0.149 e. The minimum Gasteiger partial charge on any atom is -0.365 e. The quantitative estimate of drug-likeness (QED) is 0.870. The number of nitrogens with one attached hydrogen (secondary N) is 1. The molecular weight excluding hydrogens is 290 g/mol. The van der Waals surface area contributed by atoms with Gasteiger partial charge in [0, 0.05) is 26.2 Å². The van der Waals surface area contributed by atoms with E-state index in [2.05, 4.69) is 5.32 Å². The van der Waals surface area contributed by atoms with Gasteiger partial charge in [0.15, 0.2) is 0 Å². The SMILES string of the molecule is CN(Cc1ccsc1)c1c(F)cc(CNC2CC2)cc1F. The van der Waals surface area contributed by atoms with Crippen molar-refractivity contribution in [3.8, 4) is 0 Å². The van der Waals surface area contributed by atoms with Crippen molar-refractivity contribution < 1.29 is 8.78 Å². The average molecular weight is 308 g/mol. The van der Waals surface area contributed by atoms with Crippen LogP contribution in [0.5, 0.6) is 0 Å². The summed E-state index contributed by atoms with van der Waals surface area (Å²) in [5.41, 5.74) is 1.75. The molecule has 0 saturated heterocycles. The van der Waals surface area contributed by atoms with Crippen LogP contribution >= 0.6 is 11.3 Å². The smallest absolute Gasteiger partial charge is 0.149 e. The van der Waals surface area contributed by atoms with Crippen molar-refractivity contribution >= 4 is 17.0 Å². The Hall–Kier alpha value is -1.46. The van der Waals surface area contributed by atoms with Gasteiger partial charge in [-0.2, -0.15) is 11.3 Å². The topological polar surface area (TPSA) is 15.3 Å². The molecule has 2 nitrogen and oxygen atoms in total. The van der Waals surface area contributed by atoms with E-state index in [1.54, 1.807) is 23.3 Å². The Morgan fingerprint density at radius 2 is 1.95 bits per heavy atom. The predicted molar refractivity (Wildman–Crippen MR) is 82.6 cm³/mol. The highest BCUT2D eigenvalue weighted by Gasteiger charge is 2.21. The summed E-state index contributed by atoms with van der Waals surface area (Å²) in [4.78, 5) is 1.62. The molecule has 0 unspecified atom stereocenters. The van der Waals surface area contributed by atoms with E-state index in [4.69, 9.17) is 0 Å². The third kappa shape index (κ3) is 3.60. The standard InChI is InChI=1S/C16H18F2N2S/c1-20(9-11-4-5-21-10-11)16-14(17)6-12(7-15(16)18)8-19-13-2-3-13/h4-7,10,13,19H,2-3,8-9H2,1H3. The van der Waals surface area contributed by atoms with E-state index >= 15 is 0 Å². The van der Waals surface area contributed by atoms with E-state index in [0.717, 1.165) is 18.4 Å². The molecule has 1 fully saturated rings. The van der Waals surface area contributed by atoms with Gasteiger partial charge in [0.1, 0.15) is 17.3 Å². The molecule has 1 aliphatic carbocycles. The van der Waals surface area contributed by atoms with E-state index in [-0.39, 0.29) is 5.69 Å². The first-order chi connectivity index (χ1) is 10.1. The van der Waals surface area contributed by atoms with Gasteiger partial charge in [-0.3, -0.25) is 0 Å². The molecule has 1 aliphatic rings. The van der Waals surface area contributed by atoms with Crippen molar-refractivity contribution in [2.24, 2.45) is 0 Å². The lowest BCUT2D eigenvalue weighted by Gasteiger charge is -2.20. The van der Waals surface area contributed by atoms with E-state index in [1.165, 1.54) is 12.1 Å². The fourth-order valence-corrected chi connectivity index (χ4v) is 3.03. The molecular formula is C16H18F2N2S. The summed E-state index contributed by atoms with van der Waals surface area (Å²) in [6.07, 6.45) is 2.32. The van der Waals surface area contributed by atoms with E-state index in [1.807, 2.05) is 16.8 Å². The lowest BCUT2D eigenvalue weighted by Crippen LogP contribution is -2.20. The summed E-state index contributed by atoms with van der Waals surface area (Å²) in [7, 11) is 1.71. The summed E-state index contributed by atoms with van der Waals surface area (Å²) in [5, 5.41) is 7.21. The molecule has 0 bridgehead atoms. The number of rotatable bonds is 6. The van der Waals surface area contributed by atoms with Crippen molar-refractivity contribution in [2.75, 3.05) is 11.9 Å². The monoisotopic (exact) mass is 308 g/mol. The maximum atomic E-state index is 14.2. The molecule has 112 valence electrons. The molecule has 1 N–H and O–H groups in total. The number of thiophene rings is 1. The lowest BCUT2D eigenvalue weighted by atomic mass is 10.1. The van der Waals surface area contributed by atoms with Crippen molar-refractivity contribution in [3.63, 3.8) is 0 Å². The van der Waals surface area contributed by atoms with Crippen LogP contribution in [0.2, 0.25) is 0 Å². The van der Waals surface area contributed by atoms with Gasteiger partial charge >= 0.3 is 0 Å². The van der Waals surface area contributed by atoms with Gasteiger partial charge in [0.2, 0.25) is 0 Å². The zero-order chi connectivity index (χ0) is 14.8. The molecule has 0 aliphatic heterocycles. The zero-order valence-corrected chi connectivity index (χ0v) is 12.7. The molecule has 0 radical (unpaired) electrons. The van der Waals surface area contributed by atoms with Crippen molar-refractivity contribution in [1.82, 2.24) is 5.32 Å². The summed E-state index contributed by atoms with van der Waals surface area (Å²) < 4.78 is 28.4. The number of hydrogen-bond donors (Lipinski definition) is 1. The van der Waals surface area contributed by atoms with E-state index in [0.29, 0.717) is 24.7 Å². The summed E-state index contributed by atoms with van der Waals surface area (Å²) in [6.45, 7) is 1.02. The second kappa shape index (κ2) is 6.12. The Kier molecular flexibility index (Phi) is 4.22. The van der Waals surface area contributed by atoms with Crippen molar-refractivity contribution in [1.29, 1.82) is 0 Å². The van der Waals surface area contributed by atoms with Crippen LogP contribution in [0.15, 0.2) is 29.0 Å². The zero-order valence-electron chi connectivity index (χ0n) is 11.9. The fraction of sp³-hybridized carbons (Fsp3) is 0.375. The molecule has 2 aromatic rings. The second-order valence-corrected chi connectivity index (χ2v) is 6.33. The van der Waals surface area contributed by atoms with Gasteiger partial charge in [-0.05, 0) is 52.9 Å². The normalized spacial score (nSPS) is 14.4. The fourth-order valence-electron chi connectivity index (χ4n) is 2.37. The van der Waals surface area contributed by atoms with Gasteiger partial charge in [-0.25, -0.2) is 8.78 Å². The molecule has 5 heteroatoms. The second-order valence-electron chi connectivity index (χ2n) is 5.55. The van der Waals surface area contributed by atoms with Crippen LogP contribution < -0.4 is 10.2 Å². The summed E-state index contributed by atoms with van der Waals surface area (Å²) >= 11 is 1.58. The van der Waals surface area contributed by atoms with E-state index in [9.17, 15) is 8.78 Å². The lowest BCUT2D eigenvalue weighted by molar-refractivity contribution is 0.569. The molecule has 1 aromatic heterocycles. The highest BCUT2D eigenvalue weighted by molar-refractivity contribution is 7.07. The van der Waals surface area contributed by atoms with Crippen LogP contribution in [0.3, 0.4) is 0 Å². The van der Waals surface area contributed by atoms with Crippen LogP contribution in [0.25, 0.3) is 0 Å². The third-order valence-electron chi connectivity index (χ3n) is 3.63. The third-order valence-corrected chi connectivity index (χ3v) is 4.36. The van der Waals surface area contributed by atoms with Crippen LogP contribution in [-0.2, 0) is 13.1 Å². The first-order valence-corrected chi connectivity index (χ1v) is 8.01. The van der Waals surface area contributed by atoms with Gasteiger partial charge in [0.05, 0.1) is 0 Å². The first-order valence-electron chi connectivity index (χ1n) is 7.07. The minimum absolute atomic E-state index is 0.0383. The van der Waals surface area contributed by atoms with Crippen molar-refractivity contribution in [3.05, 3.63) is 51.7 Å². The largest absolute Gasteiger partial charge is 0.365 e. The summed E-state index contributed by atoms with van der Waals surface area (Å²) in [5.74, 6) is -0.999. The van der Waals surface area contributed by atoms with Crippen LogP contribution in [0.1, 0.15) is 24.0 Å². The van der Waals surface area contributed by atoms with Gasteiger partial charge in [-0.15, -0.1) is 0 Å². The molecule has 0 atom stereocenters. The molecule has 1 aromatic carbocycles. The number of anilines is 1. The molecule has 1 saturated carbocycles. The van der Waals surface area contributed by atoms with Gasteiger partial charge < -0.3 is 10.2 Å². The highest BCUT2D eigenvalue weighted by atomic mass is 32.1. The molecule has 0 amide bonds. The Morgan fingerprint density at radius 1 is 1.24 bits per heavy atom. The molecule has 0 spiro atoms. The number of nitrogens with zero attached hydrogens (tertiary/aromatic N) is 1. The average Bonchev–Trinajstić information content (AvgIpc) is 3.12. The van der Waals surface area contributed by atoms with Crippen LogP contribution in [0.4, 0.5) is 14.5 Å². The van der Waals surface area contributed by atoms with E-state index < -0.39 is 11.6 Å². The number of hydrogen-bond acceptors (Lipinski definition) is 3. The Bertz CT molecular complexity index is 586. The number of halogens is 2. The Balaban J connectivity index is 1.74. The Labute approximate surface area is 127 Å². The minimum atomic E-state index is -0.500. The van der Waals surface area contributed by atoms with Gasteiger partial charge in [-0.1, -0.05) is 0 Å². The summed E-state index contributed by atoms with van der Waals surface area (Å²) in [6, 6.07) is 5.35. The molecule has 21 heavy (non-hydrogen) atoms. The Morgan fingerprint density at radius 3 is 2.52 bits per heavy atom. The molecule has 1 heterocycles. The molecule has 3 rings (SSSR count). The van der Waals surface area contributed by atoms with Crippen LogP contribution in [-0.4, -0.2) is 13.1 Å². The van der Waals surface area contributed by atoms with Crippen LogP contribution in [0, 0.1) is 11.6 Å².